The van der Waals surface area contributed by atoms with E-state index in [4.69, 9.17) is 9.47 Å². The minimum atomic E-state index is -1.67. The van der Waals surface area contributed by atoms with Gasteiger partial charge in [0.15, 0.2) is 6.29 Å². The molecule has 0 aliphatic carbocycles. The molecule has 0 aromatic heterocycles. The first-order chi connectivity index (χ1) is 36.7. The number of amides is 1. The van der Waals surface area contributed by atoms with Gasteiger partial charge in [-0.3, -0.25) is 4.79 Å². The maximum atomic E-state index is 13.2. The summed E-state index contributed by atoms with van der Waals surface area (Å²) in [4.78, 5) is 13.2. The number of carbonyl (C=O) groups excluding carboxylic acids is 1. The van der Waals surface area contributed by atoms with Crippen LogP contribution in [0.5, 0.6) is 0 Å². The van der Waals surface area contributed by atoms with Crippen LogP contribution in [-0.2, 0) is 14.3 Å². The molecule has 1 amide bonds. The van der Waals surface area contributed by atoms with Crippen molar-refractivity contribution in [3.05, 3.63) is 24.3 Å². The molecule has 1 aliphatic heterocycles. The lowest BCUT2D eigenvalue weighted by Crippen LogP contribution is -2.60. The molecule has 9 atom stereocenters. The highest BCUT2D eigenvalue weighted by Gasteiger charge is 2.44. The number of rotatable bonds is 56. The topological polar surface area (TPSA) is 189 Å². The molecule has 8 N–H and O–H groups in total. The molecular formula is C64H123NO10. The van der Waals surface area contributed by atoms with E-state index in [2.05, 4.69) is 43.5 Å². The first-order valence-electron chi connectivity index (χ1n) is 32.2. The van der Waals surface area contributed by atoms with Gasteiger partial charge in [0.25, 0.3) is 0 Å². The third kappa shape index (κ3) is 41.3. The Bertz CT molecular complexity index is 1270. The van der Waals surface area contributed by atoms with Crippen molar-refractivity contribution in [1.29, 1.82) is 0 Å². The molecule has 0 radical (unpaired) electrons. The molecule has 9 unspecified atom stereocenters. The molecule has 0 spiro atoms. The average molecular weight is 1070 g/mol. The van der Waals surface area contributed by atoms with E-state index < -0.39 is 74.2 Å². The number of allylic oxidation sites excluding steroid dienone is 4. The highest BCUT2D eigenvalue weighted by atomic mass is 16.7. The third-order valence-corrected chi connectivity index (χ3v) is 15.7. The summed E-state index contributed by atoms with van der Waals surface area (Å²) >= 11 is 0. The molecule has 1 rings (SSSR count). The number of hydrogen-bond donors (Lipinski definition) is 8. The molecule has 0 bridgehead atoms. The van der Waals surface area contributed by atoms with Crippen LogP contribution in [0, 0.1) is 0 Å². The quantitative estimate of drug-likeness (QED) is 0.0215. The van der Waals surface area contributed by atoms with Crippen molar-refractivity contribution in [3.63, 3.8) is 0 Å². The molecular weight excluding hydrogens is 943 g/mol. The number of aliphatic hydroxyl groups is 7. The standard InChI is InChI=1S/C64H123NO10/c1-3-5-7-9-11-13-15-17-19-21-23-24-25-26-27-28-29-30-31-32-34-35-37-39-41-43-45-47-49-51-56(67)59(69)55(54-74-64-62(72)61(71)60(70)58(53-66)75-64)65-63(73)57(68)52-50-48-46-44-42-40-38-36-33-22-20-18-16-14-12-10-8-6-4-2/h35,37,43,45,55-62,64,66-72H,3-34,36,38-42,44,46-54H2,1-2H3,(H,65,73)/b37-35+,45-43+. The Morgan fingerprint density at radius 2 is 0.800 bits per heavy atom. The van der Waals surface area contributed by atoms with E-state index in [0.717, 1.165) is 38.5 Å². The smallest absolute Gasteiger partial charge is 0.249 e. The lowest BCUT2D eigenvalue weighted by Gasteiger charge is -2.40. The van der Waals surface area contributed by atoms with Gasteiger partial charge in [-0.1, -0.05) is 282 Å². The molecule has 0 saturated carbocycles. The molecule has 444 valence electrons. The van der Waals surface area contributed by atoms with Gasteiger partial charge >= 0.3 is 0 Å². The van der Waals surface area contributed by atoms with Crippen molar-refractivity contribution < 1.29 is 50.0 Å². The van der Waals surface area contributed by atoms with Gasteiger partial charge in [-0.05, 0) is 51.4 Å². The third-order valence-electron chi connectivity index (χ3n) is 15.7. The molecule has 11 heteroatoms. The Kier molecular flexibility index (Phi) is 50.8. The average Bonchev–Trinajstić information content (AvgIpc) is 3.41. The van der Waals surface area contributed by atoms with Gasteiger partial charge in [0.05, 0.1) is 25.4 Å². The number of unbranched alkanes of at least 4 members (excludes halogenated alkanes) is 40. The second-order valence-electron chi connectivity index (χ2n) is 22.8. The number of ether oxygens (including phenoxy) is 2. The normalized spacial score (nSPS) is 19.8. The van der Waals surface area contributed by atoms with Crippen molar-refractivity contribution in [3.8, 4) is 0 Å². The Morgan fingerprint density at radius 1 is 0.453 bits per heavy atom. The predicted octanol–water partition coefficient (Wildman–Crippen LogP) is 14.5. The van der Waals surface area contributed by atoms with Gasteiger partial charge in [0, 0.05) is 0 Å². The summed E-state index contributed by atoms with van der Waals surface area (Å²) in [5.74, 6) is -0.705. The molecule has 75 heavy (non-hydrogen) atoms. The zero-order chi connectivity index (χ0) is 54.7. The van der Waals surface area contributed by atoms with Gasteiger partial charge in [-0.25, -0.2) is 0 Å². The molecule has 1 aliphatic rings. The number of nitrogens with one attached hydrogen (secondary N) is 1. The lowest BCUT2D eigenvalue weighted by atomic mass is 9.98. The van der Waals surface area contributed by atoms with E-state index in [0.29, 0.717) is 19.3 Å². The van der Waals surface area contributed by atoms with Gasteiger partial charge < -0.3 is 50.5 Å². The fourth-order valence-electron chi connectivity index (χ4n) is 10.5. The maximum Gasteiger partial charge on any atom is 0.249 e. The van der Waals surface area contributed by atoms with Gasteiger partial charge in [0.1, 0.15) is 36.6 Å². The van der Waals surface area contributed by atoms with Crippen LogP contribution in [0.25, 0.3) is 0 Å². The number of carbonyl (C=O) groups is 1. The van der Waals surface area contributed by atoms with Crippen LogP contribution in [0.3, 0.4) is 0 Å². The van der Waals surface area contributed by atoms with Crippen molar-refractivity contribution in [2.45, 2.75) is 364 Å². The molecule has 0 aromatic carbocycles. The van der Waals surface area contributed by atoms with E-state index in [1.165, 1.54) is 225 Å². The van der Waals surface area contributed by atoms with Crippen LogP contribution in [-0.4, -0.2) is 110 Å². The second-order valence-corrected chi connectivity index (χ2v) is 22.8. The monoisotopic (exact) mass is 1070 g/mol. The summed E-state index contributed by atoms with van der Waals surface area (Å²) in [7, 11) is 0. The minimum absolute atomic E-state index is 0.249. The van der Waals surface area contributed by atoms with E-state index in [1.54, 1.807) is 0 Å². The molecule has 11 nitrogen and oxygen atoms in total. The Morgan fingerprint density at radius 3 is 1.19 bits per heavy atom. The number of aliphatic hydroxyl groups excluding tert-OH is 7. The summed E-state index contributed by atoms with van der Waals surface area (Å²) < 4.78 is 11.2. The van der Waals surface area contributed by atoms with Crippen LogP contribution in [0.15, 0.2) is 24.3 Å². The zero-order valence-corrected chi connectivity index (χ0v) is 48.8. The molecule has 1 saturated heterocycles. The second kappa shape index (κ2) is 53.2. The van der Waals surface area contributed by atoms with Crippen molar-refractivity contribution >= 4 is 5.91 Å². The van der Waals surface area contributed by atoms with E-state index in [1.807, 2.05) is 0 Å². The summed E-state index contributed by atoms with van der Waals surface area (Å²) in [5.41, 5.74) is 0. The fraction of sp³-hybridized carbons (Fsp3) is 0.922. The summed E-state index contributed by atoms with van der Waals surface area (Å²) in [6.07, 6.45) is 54.0. The Labute approximate surface area is 461 Å². The number of hydrogen-bond acceptors (Lipinski definition) is 10. The largest absolute Gasteiger partial charge is 0.394 e. The van der Waals surface area contributed by atoms with Gasteiger partial charge in [-0.15, -0.1) is 0 Å². The molecule has 0 aromatic rings. The molecule has 1 fully saturated rings. The van der Waals surface area contributed by atoms with Gasteiger partial charge in [0.2, 0.25) is 5.91 Å². The van der Waals surface area contributed by atoms with E-state index >= 15 is 0 Å². The zero-order valence-electron chi connectivity index (χ0n) is 48.8. The van der Waals surface area contributed by atoms with Crippen LogP contribution in [0.1, 0.15) is 309 Å². The van der Waals surface area contributed by atoms with E-state index in [9.17, 15) is 40.5 Å². The van der Waals surface area contributed by atoms with Crippen LogP contribution in [0.2, 0.25) is 0 Å². The summed E-state index contributed by atoms with van der Waals surface area (Å²) in [6.45, 7) is 3.48. The minimum Gasteiger partial charge on any atom is -0.394 e. The first-order valence-corrected chi connectivity index (χ1v) is 32.2. The van der Waals surface area contributed by atoms with Crippen LogP contribution >= 0.6 is 0 Å². The van der Waals surface area contributed by atoms with Gasteiger partial charge in [-0.2, -0.15) is 0 Å². The fourth-order valence-corrected chi connectivity index (χ4v) is 10.5. The maximum absolute atomic E-state index is 13.2. The highest BCUT2D eigenvalue weighted by molar-refractivity contribution is 5.80. The van der Waals surface area contributed by atoms with E-state index in [-0.39, 0.29) is 12.8 Å². The Hall–Kier alpha value is -1.41. The molecule has 1 heterocycles. The summed E-state index contributed by atoms with van der Waals surface area (Å²) in [6, 6.07) is -1.19. The van der Waals surface area contributed by atoms with Crippen molar-refractivity contribution in [1.82, 2.24) is 5.32 Å². The highest BCUT2D eigenvalue weighted by Crippen LogP contribution is 2.24. The van der Waals surface area contributed by atoms with Crippen LogP contribution < -0.4 is 5.32 Å². The Balaban J connectivity index is 2.27. The van der Waals surface area contributed by atoms with Crippen molar-refractivity contribution in [2.24, 2.45) is 0 Å². The lowest BCUT2D eigenvalue weighted by molar-refractivity contribution is -0.303. The predicted molar refractivity (Wildman–Crippen MR) is 312 cm³/mol. The SMILES string of the molecule is CCCCCCCCCCCCCCCCCCCCCC/C=C/CC/C=C/CCCC(O)C(O)C(COC1OC(CO)C(O)C(O)C1O)NC(=O)C(O)CCCCCCCCCCCCCCCCCCCCC. The van der Waals surface area contributed by atoms with Crippen molar-refractivity contribution in [2.75, 3.05) is 13.2 Å². The van der Waals surface area contributed by atoms with Crippen LogP contribution in [0.4, 0.5) is 0 Å². The summed E-state index contributed by atoms with van der Waals surface area (Å²) in [5, 5.41) is 76.3. The first kappa shape index (κ1) is 71.6.